The summed E-state index contributed by atoms with van der Waals surface area (Å²) in [5.74, 6) is -0.0577. The van der Waals surface area contributed by atoms with Crippen LogP contribution in [-0.4, -0.2) is 220 Å². The van der Waals surface area contributed by atoms with Crippen molar-refractivity contribution in [2.24, 2.45) is 0 Å². The van der Waals surface area contributed by atoms with E-state index in [0.717, 1.165) is 79.8 Å². The van der Waals surface area contributed by atoms with Crippen molar-refractivity contribution in [1.82, 2.24) is 26.6 Å². The molecule has 0 aliphatic carbocycles. The zero-order valence-corrected chi connectivity index (χ0v) is 51.1. The van der Waals surface area contributed by atoms with E-state index in [1.165, 1.54) is 36.4 Å². The van der Waals surface area contributed by atoms with Gasteiger partial charge in [0, 0.05) is 158 Å². The predicted molar refractivity (Wildman–Crippen MR) is 383 cm³/mol. The first-order valence-electron chi connectivity index (χ1n) is 60.2. The van der Waals surface area contributed by atoms with Gasteiger partial charge in [0.05, 0.1) is 63.0 Å². The second kappa shape index (κ2) is 56.5. The van der Waals surface area contributed by atoms with Gasteiger partial charge >= 0.3 is 0 Å². The lowest BCUT2D eigenvalue weighted by Gasteiger charge is -2.15. The summed E-state index contributed by atoms with van der Waals surface area (Å²) >= 11 is 0. The van der Waals surface area contributed by atoms with Gasteiger partial charge in [0.1, 0.15) is 92.2 Å². The van der Waals surface area contributed by atoms with Crippen LogP contribution < -0.4 is 50.3 Å². The van der Waals surface area contributed by atoms with E-state index in [9.17, 15) is 25.5 Å². The molecule has 0 aliphatic heterocycles. The number of hydrogen-bond donors (Lipinski definition) is 10. The summed E-state index contributed by atoms with van der Waals surface area (Å²) in [6, 6.07) is 13.4. The lowest BCUT2D eigenvalue weighted by atomic mass is 10.1. The van der Waals surface area contributed by atoms with Crippen molar-refractivity contribution in [1.29, 1.82) is 0 Å². The van der Waals surface area contributed by atoms with Crippen LogP contribution in [0, 0.1) is 0 Å². The Balaban J connectivity index is 0.00000101. The lowest BCUT2D eigenvalue weighted by molar-refractivity contribution is 0.104. The molecule has 5 aromatic carbocycles. The normalized spacial score (nSPS) is 27.5. The van der Waals surface area contributed by atoms with Crippen molar-refractivity contribution in [3.63, 3.8) is 0 Å². The van der Waals surface area contributed by atoms with Gasteiger partial charge in [0.15, 0.2) is 0 Å². The Morgan fingerprint density at radius 2 is 0.663 bits per heavy atom. The maximum Gasteiger partial charge on any atom is 0.119 e. The fraction of sp³-hybridized carbons (Fsp3) is 0.600. The number of rotatable bonds is 45. The van der Waals surface area contributed by atoms with E-state index in [2.05, 4.69) is 24.3 Å². The largest absolute Gasteiger partial charge is 0.491 e. The summed E-state index contributed by atoms with van der Waals surface area (Å²) in [6.07, 6.45) is -23.1. The third-order valence-corrected chi connectivity index (χ3v) is 10.0. The molecule has 0 fully saturated rings. The van der Waals surface area contributed by atoms with Gasteiger partial charge in [0.2, 0.25) is 0 Å². The second-order valence-electron chi connectivity index (χ2n) is 17.6. The highest BCUT2D eigenvalue weighted by atomic mass is 16.5. The van der Waals surface area contributed by atoms with Crippen LogP contribution in [0.4, 0.5) is 0 Å². The average molecular weight is 1400 g/mol. The van der Waals surface area contributed by atoms with Gasteiger partial charge in [-0.15, -0.1) is 0 Å². The Kier molecular flexibility index (Phi) is 17.2. The molecule has 10 N–H and O–H groups in total. The molecule has 0 amide bonds. The number of ether oxygens (including phenoxy) is 10. The molecule has 5 aromatic rings. The number of hydrogen-bond acceptors (Lipinski definition) is 20. The van der Waals surface area contributed by atoms with Gasteiger partial charge in [-0.05, 0) is 120 Å². The average Bonchev–Trinajstić information content (AvgIpc) is 0.780. The number of aliphatic hydroxyl groups is 5. The monoisotopic (exact) mass is 1400 g/mol. The Morgan fingerprint density at radius 3 is 1.02 bits per heavy atom. The molecule has 5 unspecified atom stereocenters. The highest BCUT2D eigenvalue weighted by molar-refractivity contribution is 5.31. The van der Waals surface area contributed by atoms with E-state index >= 15 is 0 Å². The van der Waals surface area contributed by atoms with Gasteiger partial charge in [0.25, 0.3) is 0 Å². The molecular weight excluding hydrogens is 1210 g/mol. The number of nitrogens with one attached hydrogen (secondary N) is 5. The maximum absolute atomic E-state index is 10.2. The number of methoxy groups -OCH3 is 5. The molecule has 0 aliphatic rings. The van der Waals surface area contributed by atoms with E-state index in [4.69, 9.17) is 119 Å². The Bertz CT molecular complexity index is 5160. The minimum Gasteiger partial charge on any atom is -0.491 e. The standard InChI is InChI=1S/5C15H25NO3/c5*1-12(2)16-10-14(17)11-19-15-6-4-13(5-7-15)8-9-18-3/h5*4-7,12,14,16-17H,8-11H2,1-3H3/i1D3,2D3,3D3,8D2,9D2,11D2,14D;1D3,2D3,3D3,8D2,9D2,10D2,14D;1D3,2D3,8D2,9D2,10D2,14D;1D3,2D3,3D3,8D2,9D2;1D3,2D3,10D2. The summed E-state index contributed by atoms with van der Waals surface area (Å²) in [5, 5.41) is 60.2. The highest BCUT2D eigenvalue weighted by Gasteiger charge is 2.11. The third-order valence-electron chi connectivity index (χ3n) is 10.0. The molecule has 0 saturated carbocycles. The van der Waals surface area contributed by atoms with E-state index in [1.54, 1.807) is 42.0 Å². The van der Waals surface area contributed by atoms with E-state index in [0.29, 0.717) is 12.4 Å². The molecule has 0 heterocycles. The summed E-state index contributed by atoms with van der Waals surface area (Å²) in [6.45, 7) is -59.1. The predicted octanol–water partition coefficient (Wildman–Crippen LogP) is 8.07. The van der Waals surface area contributed by atoms with Crippen LogP contribution in [0.15, 0.2) is 121 Å². The van der Waals surface area contributed by atoms with Gasteiger partial charge < -0.3 is 99.5 Å². The van der Waals surface area contributed by atoms with Crippen LogP contribution in [-0.2, 0) is 55.6 Å². The van der Waals surface area contributed by atoms with Gasteiger partial charge in [-0.1, -0.05) is 129 Å². The van der Waals surface area contributed by atoms with Gasteiger partial charge in [-0.25, -0.2) is 0 Å². The maximum atomic E-state index is 10.2. The SMILES string of the molecule is [2H]C([2H])([2H])C(NC([2H])([2H])C(O)COc1ccc(CCOC)cc1)C([2H])([2H])[2H].[2H]C([2H])([2H])C(NC([2H])([2H])C([2H])(O)COc1ccc(C([2H])([2H])C([2H])([2H])OC)cc1)C([2H])([2H])[2H].[2H]C([2H])([2H])OC([2H])([2H])C([2H])([2H])c1ccc(OC([2H])([2H])C([2H])(O)CNC(C([2H])([2H])[2H])C([2H])([2H])[2H])cc1.[2H]C([2H])([2H])OC([2H])([2H])C([2H])([2H])c1ccc(OCC(O)CNC(C([2H])([2H])[2H])C([2H])([2H])[2H])cc1.[2H]C([2H])([2H])OC([2H])([2H])C([2H])([2H])c1ccc(OCC([2H])(O)C([2H])([2H])NC(C([2H])([2H])[2H])C([2H])([2H])[2H])cc1. The van der Waals surface area contributed by atoms with Crippen molar-refractivity contribution in [2.45, 2.75) is 161 Å². The zero-order valence-electron chi connectivity index (χ0n) is 117. The van der Waals surface area contributed by atoms with Crippen molar-refractivity contribution in [2.75, 3.05) is 134 Å². The Labute approximate surface area is 664 Å². The van der Waals surface area contributed by atoms with E-state index in [-0.39, 0.29) is 52.8 Å². The Hall–Kier alpha value is -5.50. The third kappa shape index (κ3) is 50.5. The second-order valence-corrected chi connectivity index (χ2v) is 17.6. The fourth-order valence-corrected chi connectivity index (χ4v) is 5.79. The zero-order chi connectivity index (χ0) is 127. The Morgan fingerprint density at radius 1 is 0.347 bits per heavy atom. The molecule has 20 heteroatoms. The van der Waals surface area contributed by atoms with Crippen molar-refractivity contribution in [3.05, 3.63) is 149 Å². The minimum absolute atomic E-state index is 0.0489. The van der Waals surface area contributed by atoms with Crippen molar-refractivity contribution in [3.8, 4) is 28.7 Å². The lowest BCUT2D eigenvalue weighted by Crippen LogP contribution is -2.35. The van der Waals surface area contributed by atoms with Crippen LogP contribution >= 0.6 is 0 Å². The smallest absolute Gasteiger partial charge is 0.119 e. The first-order valence-corrected chi connectivity index (χ1v) is 27.2. The topological polar surface area (TPSA) is 254 Å². The molecule has 0 aromatic heterocycles. The molecule has 0 radical (unpaired) electrons. The summed E-state index contributed by atoms with van der Waals surface area (Å²) in [7, 11) is -6.99. The summed E-state index contributed by atoms with van der Waals surface area (Å²) < 4.78 is 540. The summed E-state index contributed by atoms with van der Waals surface area (Å²) in [5.41, 5.74) is -0.0661. The van der Waals surface area contributed by atoms with Gasteiger partial charge in [-0.3, -0.25) is 0 Å². The van der Waals surface area contributed by atoms with Crippen LogP contribution in [0.3, 0.4) is 0 Å². The van der Waals surface area contributed by atoms with Crippen LogP contribution in [0.2, 0.25) is 0 Å². The van der Waals surface area contributed by atoms with E-state index in [1.807, 2.05) is 10.6 Å². The van der Waals surface area contributed by atoms with Gasteiger partial charge in [-0.2, -0.15) is 0 Å². The molecule has 5 rings (SSSR count). The molecule has 540 valence electrons. The molecule has 20 nitrogen and oxygen atoms in total. The van der Waals surface area contributed by atoms with Crippen molar-refractivity contribution >= 4 is 0 Å². The van der Waals surface area contributed by atoms with Crippen molar-refractivity contribution < 1.29 is 163 Å². The van der Waals surface area contributed by atoms with Crippen LogP contribution in [0.5, 0.6) is 28.7 Å². The number of benzene rings is 5. The molecule has 95 heavy (non-hydrogen) atoms. The van der Waals surface area contributed by atoms with E-state index < -0.39 is 260 Å². The molecular formula is C75H125N5O15. The minimum atomic E-state index is -3.29. The molecule has 0 saturated heterocycles. The number of aryl methyl sites for hydroxylation is 4. The summed E-state index contributed by atoms with van der Waals surface area (Å²) in [4.78, 5) is 0. The first kappa shape index (κ1) is 29.0. The highest BCUT2D eigenvalue weighted by Crippen LogP contribution is 2.17. The molecule has 0 bridgehead atoms. The quantitative estimate of drug-likeness (QED) is 0.0177. The number of aliphatic hydroxyl groups excluding tert-OH is 2. The molecule has 0 spiro atoms. The first-order chi connectivity index (χ1) is 71.0. The molecule has 5 atom stereocenters. The van der Waals surface area contributed by atoms with Crippen LogP contribution in [0.25, 0.3) is 0 Å². The fourth-order valence-electron chi connectivity index (χ4n) is 5.79. The van der Waals surface area contributed by atoms with Crippen LogP contribution in [0.1, 0.15) is 187 Å².